The van der Waals surface area contributed by atoms with Gasteiger partial charge in [0, 0.05) is 6.54 Å². The Hall–Kier alpha value is -0.880. The number of nitrogens with zero attached hydrogens (tertiary/aromatic N) is 2. The minimum Gasteiger partial charge on any atom is -0.480 e. The Morgan fingerprint density at radius 1 is 1.59 bits per heavy atom. The van der Waals surface area contributed by atoms with Crippen molar-refractivity contribution in [1.82, 2.24) is 9.97 Å². The molecule has 0 amide bonds. The zero-order chi connectivity index (χ0) is 12.3. The molecule has 1 aliphatic rings. The van der Waals surface area contributed by atoms with Crippen LogP contribution in [-0.4, -0.2) is 34.8 Å². The van der Waals surface area contributed by atoms with Crippen LogP contribution in [0.1, 0.15) is 19.3 Å². The van der Waals surface area contributed by atoms with E-state index in [2.05, 4.69) is 31.2 Å². The zero-order valence-electron chi connectivity index (χ0n) is 9.69. The molecule has 0 aromatic carbocycles. The number of hydrogen-bond acceptors (Lipinski definition) is 5. The van der Waals surface area contributed by atoms with Gasteiger partial charge >= 0.3 is 0 Å². The number of rotatable bonds is 4. The van der Waals surface area contributed by atoms with E-state index in [0.717, 1.165) is 30.3 Å². The summed E-state index contributed by atoms with van der Waals surface area (Å²) >= 11 is 3.31. The Labute approximate surface area is 109 Å². The number of anilines is 1. The van der Waals surface area contributed by atoms with Crippen LogP contribution in [0.25, 0.3) is 0 Å². The van der Waals surface area contributed by atoms with Gasteiger partial charge in [-0.3, -0.25) is 0 Å². The summed E-state index contributed by atoms with van der Waals surface area (Å²) in [7, 11) is 1.57. The van der Waals surface area contributed by atoms with Gasteiger partial charge in [-0.1, -0.05) is 0 Å². The average molecular weight is 302 g/mol. The molecule has 2 unspecified atom stereocenters. The number of nitrogens with one attached hydrogen (secondary N) is 1. The molecule has 2 N–H and O–H groups in total. The standard InChI is InChI=1S/C11H16BrN3O2/c1-17-10-9(12)6-14-11(15-10)13-5-7-2-3-8(16)4-7/h6-8,16H,2-5H2,1H3,(H,13,14,15). The maximum absolute atomic E-state index is 9.43. The summed E-state index contributed by atoms with van der Waals surface area (Å²) in [5.74, 6) is 1.59. The third-order valence-electron chi connectivity index (χ3n) is 2.97. The zero-order valence-corrected chi connectivity index (χ0v) is 11.3. The molecule has 1 aliphatic carbocycles. The van der Waals surface area contributed by atoms with Crippen LogP contribution >= 0.6 is 15.9 Å². The maximum Gasteiger partial charge on any atom is 0.232 e. The Bertz CT molecular complexity index is 389. The predicted molar refractivity (Wildman–Crippen MR) is 68.1 cm³/mol. The predicted octanol–water partition coefficient (Wildman–Crippen LogP) is 1.82. The molecule has 2 atom stereocenters. The first kappa shape index (κ1) is 12.6. The third kappa shape index (κ3) is 3.29. The number of aliphatic hydroxyl groups is 1. The lowest BCUT2D eigenvalue weighted by Gasteiger charge is -2.11. The molecule has 17 heavy (non-hydrogen) atoms. The van der Waals surface area contributed by atoms with Crippen molar-refractivity contribution in [3.05, 3.63) is 10.7 Å². The quantitative estimate of drug-likeness (QED) is 0.888. The fourth-order valence-electron chi connectivity index (χ4n) is 2.05. The van der Waals surface area contributed by atoms with Crippen molar-refractivity contribution < 1.29 is 9.84 Å². The molecule has 0 saturated heterocycles. The highest BCUT2D eigenvalue weighted by Gasteiger charge is 2.22. The fourth-order valence-corrected chi connectivity index (χ4v) is 2.40. The van der Waals surface area contributed by atoms with Crippen LogP contribution in [0.5, 0.6) is 5.88 Å². The molecule has 0 aliphatic heterocycles. The van der Waals surface area contributed by atoms with E-state index in [1.54, 1.807) is 13.3 Å². The van der Waals surface area contributed by atoms with Gasteiger partial charge in [0.05, 0.1) is 23.9 Å². The molecule has 6 heteroatoms. The Balaban J connectivity index is 1.90. The summed E-state index contributed by atoms with van der Waals surface area (Å²) in [5.41, 5.74) is 0. The van der Waals surface area contributed by atoms with Gasteiger partial charge < -0.3 is 15.2 Å². The van der Waals surface area contributed by atoms with E-state index in [0.29, 0.717) is 17.7 Å². The van der Waals surface area contributed by atoms with Crippen LogP contribution in [0.2, 0.25) is 0 Å². The normalized spacial score (nSPS) is 23.7. The molecule has 0 bridgehead atoms. The van der Waals surface area contributed by atoms with Crippen LogP contribution in [0, 0.1) is 5.92 Å². The largest absolute Gasteiger partial charge is 0.480 e. The van der Waals surface area contributed by atoms with Gasteiger partial charge in [0.1, 0.15) is 0 Å². The van der Waals surface area contributed by atoms with Gasteiger partial charge in [-0.2, -0.15) is 4.98 Å². The van der Waals surface area contributed by atoms with Gasteiger partial charge in [0.25, 0.3) is 0 Å². The number of aliphatic hydroxyl groups excluding tert-OH is 1. The van der Waals surface area contributed by atoms with E-state index >= 15 is 0 Å². The maximum atomic E-state index is 9.43. The molecule has 94 valence electrons. The highest BCUT2D eigenvalue weighted by Crippen LogP contribution is 2.26. The van der Waals surface area contributed by atoms with Crippen molar-refractivity contribution in [3.63, 3.8) is 0 Å². The second-order valence-electron chi connectivity index (χ2n) is 4.26. The van der Waals surface area contributed by atoms with E-state index in [9.17, 15) is 5.11 Å². The minimum atomic E-state index is -0.137. The van der Waals surface area contributed by atoms with Crippen molar-refractivity contribution >= 4 is 21.9 Å². The molecule has 2 rings (SSSR count). The van der Waals surface area contributed by atoms with E-state index in [1.165, 1.54) is 0 Å². The lowest BCUT2D eigenvalue weighted by molar-refractivity contribution is 0.178. The number of methoxy groups -OCH3 is 1. The van der Waals surface area contributed by atoms with E-state index in [1.807, 2.05) is 0 Å². The number of aromatic nitrogens is 2. The van der Waals surface area contributed by atoms with Gasteiger partial charge in [0.15, 0.2) is 0 Å². The summed E-state index contributed by atoms with van der Waals surface area (Å²) in [6.07, 6.45) is 4.35. The van der Waals surface area contributed by atoms with Crippen molar-refractivity contribution in [3.8, 4) is 5.88 Å². The van der Waals surface area contributed by atoms with Crippen molar-refractivity contribution in [2.45, 2.75) is 25.4 Å². The second-order valence-corrected chi connectivity index (χ2v) is 5.12. The average Bonchev–Trinajstić information content (AvgIpc) is 2.74. The van der Waals surface area contributed by atoms with Gasteiger partial charge in [0.2, 0.25) is 11.8 Å². The number of ether oxygens (including phenoxy) is 1. The van der Waals surface area contributed by atoms with E-state index in [-0.39, 0.29) is 6.10 Å². The van der Waals surface area contributed by atoms with Crippen LogP contribution in [-0.2, 0) is 0 Å². The van der Waals surface area contributed by atoms with Gasteiger partial charge in [-0.05, 0) is 41.1 Å². The third-order valence-corrected chi connectivity index (χ3v) is 3.51. The van der Waals surface area contributed by atoms with Crippen LogP contribution < -0.4 is 10.1 Å². The lowest BCUT2D eigenvalue weighted by Crippen LogP contribution is -2.14. The molecule has 0 radical (unpaired) electrons. The fraction of sp³-hybridized carbons (Fsp3) is 0.636. The van der Waals surface area contributed by atoms with Crippen molar-refractivity contribution in [2.24, 2.45) is 5.92 Å². The molecular weight excluding hydrogens is 286 g/mol. The highest BCUT2D eigenvalue weighted by molar-refractivity contribution is 9.10. The minimum absolute atomic E-state index is 0.137. The van der Waals surface area contributed by atoms with Crippen molar-refractivity contribution in [1.29, 1.82) is 0 Å². The smallest absolute Gasteiger partial charge is 0.232 e. The molecule has 1 fully saturated rings. The van der Waals surface area contributed by atoms with E-state index < -0.39 is 0 Å². The first-order chi connectivity index (χ1) is 8.19. The molecule has 1 aromatic rings. The Morgan fingerprint density at radius 3 is 3.06 bits per heavy atom. The summed E-state index contributed by atoms with van der Waals surface area (Å²) in [6, 6.07) is 0. The summed E-state index contributed by atoms with van der Waals surface area (Å²) in [6.45, 7) is 0.793. The molecular formula is C11H16BrN3O2. The van der Waals surface area contributed by atoms with Crippen LogP contribution in [0.4, 0.5) is 5.95 Å². The molecule has 1 aromatic heterocycles. The van der Waals surface area contributed by atoms with Gasteiger partial charge in [-0.25, -0.2) is 4.98 Å². The van der Waals surface area contributed by atoms with Crippen LogP contribution in [0.3, 0.4) is 0 Å². The monoisotopic (exact) mass is 301 g/mol. The molecule has 0 spiro atoms. The summed E-state index contributed by atoms with van der Waals surface area (Å²) in [5, 5.41) is 12.6. The Kier molecular flexibility index (Phi) is 4.17. The summed E-state index contributed by atoms with van der Waals surface area (Å²) in [4.78, 5) is 8.37. The first-order valence-corrected chi connectivity index (χ1v) is 6.47. The second kappa shape index (κ2) is 5.64. The molecule has 1 heterocycles. The van der Waals surface area contributed by atoms with E-state index in [4.69, 9.17) is 4.74 Å². The molecule has 1 saturated carbocycles. The van der Waals surface area contributed by atoms with Gasteiger partial charge in [-0.15, -0.1) is 0 Å². The van der Waals surface area contributed by atoms with Crippen LogP contribution in [0.15, 0.2) is 10.7 Å². The number of halogens is 1. The number of hydrogen-bond donors (Lipinski definition) is 2. The summed E-state index contributed by atoms with van der Waals surface area (Å²) < 4.78 is 5.83. The van der Waals surface area contributed by atoms with Crippen molar-refractivity contribution in [2.75, 3.05) is 19.0 Å². The topological polar surface area (TPSA) is 67.3 Å². The molecule has 5 nitrogen and oxygen atoms in total. The first-order valence-electron chi connectivity index (χ1n) is 5.67. The highest BCUT2D eigenvalue weighted by atomic mass is 79.9. The Morgan fingerprint density at radius 2 is 2.41 bits per heavy atom. The SMILES string of the molecule is COc1nc(NCC2CCC(O)C2)ncc1Br. The lowest BCUT2D eigenvalue weighted by atomic mass is 10.1.